The number of fused-ring (bicyclic) bond motifs is 2. The second-order valence-electron chi connectivity index (χ2n) is 10.1. The Balaban J connectivity index is 1.38. The van der Waals surface area contributed by atoms with E-state index >= 15 is 0 Å². The van der Waals surface area contributed by atoms with Gasteiger partial charge in [0.2, 0.25) is 0 Å². The lowest BCUT2D eigenvalue weighted by Crippen LogP contribution is -2.46. The van der Waals surface area contributed by atoms with E-state index in [0.717, 1.165) is 44.9 Å². The number of likely N-dealkylation sites (tertiary alicyclic amines) is 1. The first-order valence-corrected chi connectivity index (χ1v) is 12.5. The Morgan fingerprint density at radius 2 is 1.97 bits per heavy atom. The Hall–Kier alpha value is -2.25. The molecule has 2 saturated heterocycles. The number of ether oxygens (including phenoxy) is 1. The van der Waals surface area contributed by atoms with Crippen molar-refractivity contribution in [3.05, 3.63) is 52.8 Å². The molecule has 3 aliphatic heterocycles. The molecule has 2 aromatic heterocycles. The summed E-state index contributed by atoms with van der Waals surface area (Å²) in [7, 11) is 2.25. The van der Waals surface area contributed by atoms with Gasteiger partial charge in [-0.3, -0.25) is 4.90 Å². The second-order valence-corrected chi connectivity index (χ2v) is 10.1. The summed E-state index contributed by atoms with van der Waals surface area (Å²) < 4.78 is 5.89. The van der Waals surface area contributed by atoms with Gasteiger partial charge in [0.1, 0.15) is 5.65 Å². The van der Waals surface area contributed by atoms with Crippen LogP contribution >= 0.6 is 0 Å². The van der Waals surface area contributed by atoms with Gasteiger partial charge < -0.3 is 19.9 Å². The van der Waals surface area contributed by atoms with Gasteiger partial charge in [0, 0.05) is 49.0 Å². The van der Waals surface area contributed by atoms with Crippen LogP contribution in [-0.4, -0.2) is 72.3 Å². The SMILES string of the molecule is Cc1c[nH]c2ncc(-c3cc4c(c(C5COCCN5)c3)CN(C3CCN(C)CC3)CC4)cc12. The monoisotopic (exact) mass is 445 g/mol. The highest BCUT2D eigenvalue weighted by Crippen LogP contribution is 2.35. The number of hydrogen-bond acceptors (Lipinski definition) is 5. The Morgan fingerprint density at radius 1 is 1.09 bits per heavy atom. The summed E-state index contributed by atoms with van der Waals surface area (Å²) in [5.74, 6) is 0. The number of morpholine rings is 1. The molecule has 174 valence electrons. The molecule has 33 heavy (non-hydrogen) atoms. The molecule has 6 heteroatoms. The molecule has 3 aromatic rings. The average molecular weight is 446 g/mol. The third-order valence-corrected chi connectivity index (χ3v) is 7.98. The first-order valence-electron chi connectivity index (χ1n) is 12.5. The van der Waals surface area contributed by atoms with Gasteiger partial charge in [-0.25, -0.2) is 4.98 Å². The number of nitrogens with one attached hydrogen (secondary N) is 2. The quantitative estimate of drug-likeness (QED) is 0.645. The normalized spacial score (nSPS) is 23.2. The third kappa shape index (κ3) is 4.10. The zero-order chi connectivity index (χ0) is 22.4. The lowest BCUT2D eigenvalue weighted by Gasteiger charge is -2.41. The number of nitrogens with zero attached hydrogens (tertiary/aromatic N) is 3. The lowest BCUT2D eigenvalue weighted by atomic mass is 9.86. The topological polar surface area (TPSA) is 56.4 Å². The highest BCUT2D eigenvalue weighted by molar-refractivity contribution is 5.84. The van der Waals surface area contributed by atoms with Gasteiger partial charge >= 0.3 is 0 Å². The molecule has 0 amide bonds. The molecule has 0 spiro atoms. The van der Waals surface area contributed by atoms with Crippen LogP contribution in [0.3, 0.4) is 0 Å². The molecule has 0 saturated carbocycles. The van der Waals surface area contributed by atoms with Crippen LogP contribution in [0.5, 0.6) is 0 Å². The average Bonchev–Trinajstić information content (AvgIpc) is 3.24. The van der Waals surface area contributed by atoms with Crippen molar-refractivity contribution in [3.8, 4) is 11.1 Å². The fraction of sp³-hybridized carbons (Fsp3) is 0.519. The van der Waals surface area contributed by atoms with Gasteiger partial charge in [0.25, 0.3) is 0 Å². The molecule has 2 N–H and O–H groups in total. The summed E-state index contributed by atoms with van der Waals surface area (Å²) in [5.41, 5.74) is 9.14. The van der Waals surface area contributed by atoms with Crippen molar-refractivity contribution in [2.75, 3.05) is 46.4 Å². The summed E-state index contributed by atoms with van der Waals surface area (Å²) in [6, 6.07) is 8.10. The number of hydrogen-bond donors (Lipinski definition) is 2. The fourth-order valence-electron chi connectivity index (χ4n) is 5.93. The van der Waals surface area contributed by atoms with E-state index in [1.807, 2.05) is 12.4 Å². The number of aromatic amines is 1. The van der Waals surface area contributed by atoms with Crippen molar-refractivity contribution in [2.45, 2.75) is 44.8 Å². The fourth-order valence-corrected chi connectivity index (χ4v) is 5.93. The van der Waals surface area contributed by atoms with Crippen molar-refractivity contribution < 1.29 is 4.74 Å². The predicted molar refractivity (Wildman–Crippen MR) is 132 cm³/mol. The van der Waals surface area contributed by atoms with Gasteiger partial charge in [0.05, 0.1) is 19.3 Å². The molecule has 0 radical (unpaired) electrons. The van der Waals surface area contributed by atoms with Crippen molar-refractivity contribution in [1.29, 1.82) is 0 Å². The minimum atomic E-state index is 0.260. The van der Waals surface area contributed by atoms with E-state index in [2.05, 4.69) is 52.3 Å². The van der Waals surface area contributed by atoms with Crippen LogP contribution < -0.4 is 5.32 Å². The number of pyridine rings is 1. The Morgan fingerprint density at radius 3 is 2.79 bits per heavy atom. The van der Waals surface area contributed by atoms with Crippen LogP contribution in [0.25, 0.3) is 22.2 Å². The zero-order valence-corrected chi connectivity index (χ0v) is 19.9. The van der Waals surface area contributed by atoms with Crippen molar-refractivity contribution in [3.63, 3.8) is 0 Å². The number of rotatable bonds is 3. The molecule has 0 aliphatic carbocycles. The molecular weight excluding hydrogens is 410 g/mol. The van der Waals surface area contributed by atoms with Gasteiger partial charge in [-0.05, 0) is 86.3 Å². The van der Waals surface area contributed by atoms with Crippen LogP contribution in [0.1, 0.15) is 41.1 Å². The minimum Gasteiger partial charge on any atom is -0.378 e. The number of aryl methyl sites for hydroxylation is 1. The lowest BCUT2D eigenvalue weighted by molar-refractivity contribution is 0.0750. The number of benzene rings is 1. The summed E-state index contributed by atoms with van der Waals surface area (Å²) >= 11 is 0. The smallest absolute Gasteiger partial charge is 0.137 e. The number of aromatic nitrogens is 2. The Labute approximate surface area is 196 Å². The first-order chi connectivity index (χ1) is 16.2. The van der Waals surface area contributed by atoms with E-state index in [0.29, 0.717) is 6.04 Å². The molecule has 1 aromatic carbocycles. The Kier molecular flexibility index (Phi) is 5.70. The highest BCUT2D eigenvalue weighted by atomic mass is 16.5. The van der Waals surface area contributed by atoms with E-state index in [-0.39, 0.29) is 6.04 Å². The summed E-state index contributed by atoms with van der Waals surface area (Å²) in [6.45, 7) is 9.25. The van der Waals surface area contributed by atoms with Gasteiger partial charge in [-0.2, -0.15) is 0 Å². The summed E-state index contributed by atoms with van der Waals surface area (Å²) in [5, 5.41) is 4.94. The molecule has 6 rings (SSSR count). The van der Waals surface area contributed by atoms with Crippen molar-refractivity contribution in [1.82, 2.24) is 25.1 Å². The van der Waals surface area contributed by atoms with E-state index in [1.54, 1.807) is 0 Å². The van der Waals surface area contributed by atoms with E-state index in [1.165, 1.54) is 64.7 Å². The van der Waals surface area contributed by atoms with Crippen molar-refractivity contribution in [2.24, 2.45) is 0 Å². The molecule has 6 nitrogen and oxygen atoms in total. The largest absolute Gasteiger partial charge is 0.378 e. The number of H-pyrrole nitrogens is 1. The summed E-state index contributed by atoms with van der Waals surface area (Å²) in [6.07, 6.45) is 7.75. The van der Waals surface area contributed by atoms with E-state index < -0.39 is 0 Å². The first kappa shape index (κ1) is 21.3. The highest BCUT2D eigenvalue weighted by Gasteiger charge is 2.30. The third-order valence-electron chi connectivity index (χ3n) is 7.98. The molecule has 3 aliphatic rings. The zero-order valence-electron chi connectivity index (χ0n) is 19.9. The minimum absolute atomic E-state index is 0.260. The van der Waals surface area contributed by atoms with Crippen LogP contribution in [0, 0.1) is 6.92 Å². The number of piperidine rings is 1. The maximum absolute atomic E-state index is 5.89. The van der Waals surface area contributed by atoms with Gasteiger partial charge in [-0.15, -0.1) is 0 Å². The van der Waals surface area contributed by atoms with E-state index in [9.17, 15) is 0 Å². The molecule has 1 atom stereocenters. The molecular formula is C27H35N5O. The predicted octanol–water partition coefficient (Wildman–Crippen LogP) is 3.65. The van der Waals surface area contributed by atoms with E-state index in [4.69, 9.17) is 9.72 Å². The molecule has 2 fully saturated rings. The summed E-state index contributed by atoms with van der Waals surface area (Å²) in [4.78, 5) is 13.2. The molecule has 0 bridgehead atoms. The van der Waals surface area contributed by atoms with Crippen LogP contribution in [0.15, 0.2) is 30.6 Å². The maximum atomic E-state index is 5.89. The van der Waals surface area contributed by atoms with Crippen molar-refractivity contribution >= 4 is 11.0 Å². The van der Waals surface area contributed by atoms with Crippen LogP contribution in [0.4, 0.5) is 0 Å². The molecule has 5 heterocycles. The standard InChI is InChI=1S/C27H35N5O/c1-18-14-29-27-23(18)13-21(15-30-27)20-11-19-3-9-32(22-4-7-31(2)8-5-22)16-25(19)24(12-20)26-17-33-10-6-28-26/h11-15,22,26,28H,3-10,16-17H2,1-2H3,(H,29,30). The second kappa shape index (κ2) is 8.84. The maximum Gasteiger partial charge on any atom is 0.137 e. The van der Waals surface area contributed by atoms with Gasteiger partial charge in [-0.1, -0.05) is 6.07 Å². The molecule has 1 unspecified atom stereocenters. The van der Waals surface area contributed by atoms with Crippen LogP contribution in [-0.2, 0) is 17.7 Å². The Bertz CT molecular complexity index is 1140. The van der Waals surface area contributed by atoms with Gasteiger partial charge in [0.15, 0.2) is 0 Å². The van der Waals surface area contributed by atoms with Crippen LogP contribution in [0.2, 0.25) is 0 Å².